The first-order valence-electron chi connectivity index (χ1n) is 10.3. The summed E-state index contributed by atoms with van der Waals surface area (Å²) in [5.74, 6) is -0.444. The minimum absolute atomic E-state index is 0.258. The Kier molecular flexibility index (Phi) is 8.20. The first-order chi connectivity index (χ1) is 16.9. The van der Waals surface area contributed by atoms with Crippen LogP contribution in [0.3, 0.4) is 0 Å². The lowest BCUT2D eigenvalue weighted by Crippen LogP contribution is -2.47. The fraction of sp³-hybridized carbons (Fsp3) is 0.0833. The summed E-state index contributed by atoms with van der Waals surface area (Å²) in [5, 5.41) is 18.5. The van der Waals surface area contributed by atoms with Gasteiger partial charge >= 0.3 is 6.03 Å². The highest BCUT2D eigenvalue weighted by Crippen LogP contribution is 2.28. The minimum atomic E-state index is -0.901. The largest absolute Gasteiger partial charge is 0.326 e. The summed E-state index contributed by atoms with van der Waals surface area (Å²) >= 11 is 19.3. The van der Waals surface area contributed by atoms with Gasteiger partial charge in [0, 0.05) is 22.0 Å². The molecule has 11 heteroatoms. The molecule has 178 valence electrons. The summed E-state index contributed by atoms with van der Waals surface area (Å²) < 4.78 is 0. The summed E-state index contributed by atoms with van der Waals surface area (Å²) in [4.78, 5) is 25.8. The molecule has 35 heavy (non-hydrogen) atoms. The highest BCUT2D eigenvalue weighted by atomic mass is 35.5. The molecule has 0 spiro atoms. The van der Waals surface area contributed by atoms with Crippen LogP contribution in [0.4, 0.5) is 15.6 Å². The molecule has 0 fully saturated rings. The molecule has 0 aliphatic rings. The Morgan fingerprint density at radius 2 is 1.63 bits per heavy atom. The highest BCUT2D eigenvalue weighted by Gasteiger charge is 2.23. The molecule has 0 radical (unpaired) electrons. The molecule has 3 N–H and O–H groups in total. The zero-order valence-electron chi connectivity index (χ0n) is 18.0. The number of benzene rings is 3. The molecule has 3 aromatic carbocycles. The average Bonchev–Trinajstić information content (AvgIpc) is 3.30. The number of nitrogens with one attached hydrogen (secondary N) is 3. The predicted octanol–water partition coefficient (Wildman–Crippen LogP) is 6.54. The van der Waals surface area contributed by atoms with Gasteiger partial charge in [-0.15, -0.1) is 10.2 Å². The van der Waals surface area contributed by atoms with Gasteiger partial charge in [-0.3, -0.25) is 10.1 Å². The van der Waals surface area contributed by atoms with Crippen molar-refractivity contribution in [3.63, 3.8) is 0 Å². The van der Waals surface area contributed by atoms with E-state index in [0.29, 0.717) is 25.9 Å². The van der Waals surface area contributed by atoms with E-state index in [4.69, 9.17) is 34.8 Å². The van der Waals surface area contributed by atoms with Gasteiger partial charge in [-0.1, -0.05) is 88.6 Å². The molecule has 4 rings (SSSR count). The second-order valence-electron chi connectivity index (χ2n) is 7.38. The van der Waals surface area contributed by atoms with Gasteiger partial charge in [-0.05, 0) is 35.9 Å². The van der Waals surface area contributed by atoms with Gasteiger partial charge in [-0.2, -0.15) is 0 Å². The fourth-order valence-electron chi connectivity index (χ4n) is 3.17. The van der Waals surface area contributed by atoms with Crippen molar-refractivity contribution < 1.29 is 9.59 Å². The lowest BCUT2D eigenvalue weighted by Gasteiger charge is -2.18. The van der Waals surface area contributed by atoms with Gasteiger partial charge in [0.1, 0.15) is 11.0 Å². The van der Waals surface area contributed by atoms with Crippen molar-refractivity contribution in [1.29, 1.82) is 0 Å². The van der Waals surface area contributed by atoms with Crippen LogP contribution < -0.4 is 16.0 Å². The Hall–Kier alpha value is -3.17. The Balaban J connectivity index is 1.48. The van der Waals surface area contributed by atoms with Crippen LogP contribution in [-0.4, -0.2) is 28.2 Å². The molecule has 1 aromatic heterocycles. The smallest absolute Gasteiger partial charge is 0.319 e. The second-order valence-corrected chi connectivity index (χ2v) is 9.63. The number of carbonyl (C=O) groups is 2. The quantitative estimate of drug-likeness (QED) is 0.245. The van der Waals surface area contributed by atoms with Crippen molar-refractivity contribution in [2.45, 2.75) is 12.5 Å². The van der Waals surface area contributed by atoms with E-state index in [1.54, 1.807) is 24.3 Å². The number of carbonyl (C=O) groups excluding carboxylic acids is 2. The molecule has 4 aromatic rings. The van der Waals surface area contributed by atoms with Gasteiger partial charge in [0.25, 0.3) is 0 Å². The molecule has 3 amide bonds. The summed E-state index contributed by atoms with van der Waals surface area (Å²) in [6.07, 6.45) is 0.258. The number of rotatable bonds is 7. The third-order valence-electron chi connectivity index (χ3n) is 4.81. The molecule has 0 bridgehead atoms. The van der Waals surface area contributed by atoms with Crippen molar-refractivity contribution in [2.24, 2.45) is 0 Å². The number of hydrogen-bond donors (Lipinski definition) is 3. The summed E-state index contributed by atoms with van der Waals surface area (Å²) in [6, 6.07) is 19.7. The van der Waals surface area contributed by atoms with E-state index in [1.807, 2.05) is 42.5 Å². The van der Waals surface area contributed by atoms with Crippen LogP contribution in [0.25, 0.3) is 10.6 Å². The first kappa shape index (κ1) is 24.9. The maximum atomic E-state index is 13.1. The van der Waals surface area contributed by atoms with Crippen LogP contribution in [0.2, 0.25) is 15.1 Å². The van der Waals surface area contributed by atoms with Gasteiger partial charge in [-0.25, -0.2) is 4.79 Å². The van der Waals surface area contributed by atoms with Crippen LogP contribution in [0.1, 0.15) is 5.56 Å². The van der Waals surface area contributed by atoms with Crippen LogP contribution in [-0.2, 0) is 11.2 Å². The maximum absolute atomic E-state index is 13.1. The normalized spacial score (nSPS) is 11.5. The zero-order valence-corrected chi connectivity index (χ0v) is 21.1. The molecule has 1 atom stereocenters. The van der Waals surface area contributed by atoms with Crippen molar-refractivity contribution in [1.82, 2.24) is 15.5 Å². The molecular formula is C24H18Cl3N5O2S. The van der Waals surface area contributed by atoms with Crippen molar-refractivity contribution in [3.05, 3.63) is 93.4 Å². The Morgan fingerprint density at radius 1 is 0.857 bits per heavy atom. The summed E-state index contributed by atoms with van der Waals surface area (Å²) in [5.41, 5.74) is 2.02. The molecule has 0 saturated heterocycles. The Labute approximate surface area is 220 Å². The van der Waals surface area contributed by atoms with Gasteiger partial charge in [0.2, 0.25) is 11.0 Å². The maximum Gasteiger partial charge on any atom is 0.319 e. The predicted molar refractivity (Wildman–Crippen MR) is 142 cm³/mol. The molecule has 1 unspecified atom stereocenters. The highest BCUT2D eigenvalue weighted by molar-refractivity contribution is 7.18. The molecular weight excluding hydrogens is 529 g/mol. The number of hydrogen-bond acceptors (Lipinski definition) is 5. The van der Waals surface area contributed by atoms with E-state index in [2.05, 4.69) is 26.1 Å². The lowest BCUT2D eigenvalue weighted by atomic mass is 10.1. The van der Waals surface area contributed by atoms with E-state index < -0.39 is 18.0 Å². The summed E-state index contributed by atoms with van der Waals surface area (Å²) in [6.45, 7) is 0. The van der Waals surface area contributed by atoms with E-state index in [9.17, 15) is 9.59 Å². The third kappa shape index (κ3) is 6.93. The number of halogens is 3. The topological polar surface area (TPSA) is 96.0 Å². The summed E-state index contributed by atoms with van der Waals surface area (Å²) in [7, 11) is 0. The number of nitrogens with zero attached hydrogens (tertiary/aromatic N) is 2. The number of amides is 3. The lowest BCUT2D eigenvalue weighted by molar-refractivity contribution is -0.117. The molecule has 0 aliphatic carbocycles. The van der Waals surface area contributed by atoms with Crippen molar-refractivity contribution >= 4 is 68.9 Å². The molecule has 0 aliphatic heterocycles. The monoisotopic (exact) mass is 545 g/mol. The Morgan fingerprint density at radius 3 is 2.37 bits per heavy atom. The zero-order chi connectivity index (χ0) is 24.8. The molecule has 0 saturated carbocycles. The van der Waals surface area contributed by atoms with E-state index in [1.165, 1.54) is 17.4 Å². The average molecular weight is 547 g/mol. The van der Waals surface area contributed by atoms with Crippen LogP contribution in [0, 0.1) is 0 Å². The van der Waals surface area contributed by atoms with E-state index in [0.717, 1.165) is 11.1 Å². The number of urea groups is 1. The third-order valence-corrected chi connectivity index (χ3v) is 6.48. The van der Waals surface area contributed by atoms with E-state index >= 15 is 0 Å². The van der Waals surface area contributed by atoms with Gasteiger partial charge in [0.15, 0.2) is 0 Å². The Bertz CT molecular complexity index is 1350. The van der Waals surface area contributed by atoms with Gasteiger partial charge < -0.3 is 10.6 Å². The standard InChI is InChI=1S/C24H18Cl3N5O2S/c25-16-8-4-7-15(12-16)22-31-32-24(35-22)30-21(33)20(11-14-5-2-1-3-6-14)29-23(34)28-19-10-9-17(26)13-18(19)27/h1-10,12-13,20H,11H2,(H2,28,29,34)(H,30,32,33). The van der Waals surface area contributed by atoms with Crippen LogP contribution >= 0.6 is 46.1 Å². The number of aromatic nitrogens is 2. The van der Waals surface area contributed by atoms with Gasteiger partial charge in [0.05, 0.1) is 10.7 Å². The van der Waals surface area contributed by atoms with E-state index in [-0.39, 0.29) is 11.4 Å². The fourth-order valence-corrected chi connectivity index (χ4v) is 4.56. The van der Waals surface area contributed by atoms with Crippen molar-refractivity contribution in [3.8, 4) is 10.6 Å². The second kappa shape index (κ2) is 11.5. The van der Waals surface area contributed by atoms with Crippen LogP contribution in [0.15, 0.2) is 72.8 Å². The minimum Gasteiger partial charge on any atom is -0.326 e. The van der Waals surface area contributed by atoms with Crippen LogP contribution in [0.5, 0.6) is 0 Å². The molecule has 1 heterocycles. The number of anilines is 2. The SMILES string of the molecule is O=C(Nc1ccc(Cl)cc1Cl)NC(Cc1ccccc1)C(=O)Nc1nnc(-c2cccc(Cl)c2)s1. The first-order valence-corrected chi connectivity index (χ1v) is 12.3. The van der Waals surface area contributed by atoms with Crippen molar-refractivity contribution in [2.75, 3.05) is 10.6 Å². The molecule has 7 nitrogen and oxygen atoms in total.